The van der Waals surface area contributed by atoms with Crippen LogP contribution >= 0.6 is 0 Å². The Balaban J connectivity index is 2.11. The van der Waals surface area contributed by atoms with E-state index < -0.39 is 0 Å². The van der Waals surface area contributed by atoms with Gasteiger partial charge in [0.05, 0.1) is 12.7 Å². The van der Waals surface area contributed by atoms with Crippen LogP contribution in [0.25, 0.3) is 0 Å². The minimum atomic E-state index is 0.337. The van der Waals surface area contributed by atoms with Crippen molar-refractivity contribution in [3.63, 3.8) is 0 Å². The normalized spacial score (nSPS) is 30.0. The van der Waals surface area contributed by atoms with Crippen molar-refractivity contribution in [3.05, 3.63) is 0 Å². The van der Waals surface area contributed by atoms with E-state index in [2.05, 4.69) is 19.2 Å². The van der Waals surface area contributed by atoms with E-state index in [0.29, 0.717) is 18.1 Å². The molecule has 0 aromatic heterocycles. The van der Waals surface area contributed by atoms with Gasteiger partial charge in [-0.3, -0.25) is 0 Å². The third-order valence-corrected chi connectivity index (χ3v) is 2.28. The zero-order valence-corrected chi connectivity index (χ0v) is 8.05. The summed E-state index contributed by atoms with van der Waals surface area (Å²) in [5.74, 6) is 0.658. The van der Waals surface area contributed by atoms with Crippen LogP contribution in [0.2, 0.25) is 0 Å². The van der Waals surface area contributed by atoms with Crippen molar-refractivity contribution in [3.8, 4) is 0 Å². The molecule has 0 amide bonds. The number of ether oxygens (including phenoxy) is 1. The molecule has 0 bridgehead atoms. The SMILES string of the molecule is CC(C)OC[C@@H]1C[C@@H](CN)CN1. The van der Waals surface area contributed by atoms with Crippen molar-refractivity contribution >= 4 is 0 Å². The Morgan fingerprint density at radius 3 is 2.83 bits per heavy atom. The molecule has 12 heavy (non-hydrogen) atoms. The number of nitrogens with one attached hydrogen (secondary N) is 1. The number of nitrogens with two attached hydrogens (primary N) is 1. The highest BCUT2D eigenvalue weighted by Gasteiger charge is 2.22. The van der Waals surface area contributed by atoms with Crippen LogP contribution in [0.15, 0.2) is 0 Å². The Kier molecular flexibility index (Phi) is 3.98. The van der Waals surface area contributed by atoms with Crippen molar-refractivity contribution in [2.45, 2.75) is 32.4 Å². The van der Waals surface area contributed by atoms with Gasteiger partial charge in [0.15, 0.2) is 0 Å². The molecule has 1 fully saturated rings. The first kappa shape index (κ1) is 9.96. The minimum Gasteiger partial charge on any atom is -0.377 e. The molecule has 0 unspecified atom stereocenters. The van der Waals surface area contributed by atoms with E-state index in [1.165, 1.54) is 6.42 Å². The summed E-state index contributed by atoms with van der Waals surface area (Å²) in [7, 11) is 0. The lowest BCUT2D eigenvalue weighted by Gasteiger charge is -2.13. The maximum Gasteiger partial charge on any atom is 0.0623 e. The van der Waals surface area contributed by atoms with Gasteiger partial charge in [-0.25, -0.2) is 0 Å². The molecular formula is C9H20N2O. The van der Waals surface area contributed by atoms with Crippen LogP contribution in [0.3, 0.4) is 0 Å². The number of hydrogen-bond donors (Lipinski definition) is 2. The fourth-order valence-corrected chi connectivity index (χ4v) is 1.52. The van der Waals surface area contributed by atoms with Crippen LogP contribution in [-0.2, 0) is 4.74 Å². The molecule has 1 rings (SSSR count). The zero-order valence-electron chi connectivity index (χ0n) is 8.05. The molecule has 1 aliphatic rings. The lowest BCUT2D eigenvalue weighted by Crippen LogP contribution is -2.28. The van der Waals surface area contributed by atoms with Gasteiger partial charge >= 0.3 is 0 Å². The van der Waals surface area contributed by atoms with Gasteiger partial charge in [0, 0.05) is 6.04 Å². The fraction of sp³-hybridized carbons (Fsp3) is 1.00. The van der Waals surface area contributed by atoms with Gasteiger partial charge in [0.1, 0.15) is 0 Å². The molecule has 0 radical (unpaired) electrons. The predicted octanol–water partition coefficient (Wildman–Crippen LogP) is 0.348. The molecule has 2 atom stereocenters. The molecule has 3 nitrogen and oxygen atoms in total. The summed E-state index contributed by atoms with van der Waals surface area (Å²) in [5, 5.41) is 3.41. The topological polar surface area (TPSA) is 47.3 Å². The molecule has 72 valence electrons. The Hall–Kier alpha value is -0.120. The molecule has 3 N–H and O–H groups in total. The lowest BCUT2D eigenvalue weighted by atomic mass is 10.1. The zero-order chi connectivity index (χ0) is 8.97. The maximum atomic E-state index is 5.57. The van der Waals surface area contributed by atoms with Crippen molar-refractivity contribution in [1.29, 1.82) is 0 Å². The van der Waals surface area contributed by atoms with Gasteiger partial charge in [0.25, 0.3) is 0 Å². The van der Waals surface area contributed by atoms with Gasteiger partial charge in [-0.15, -0.1) is 0 Å². The Morgan fingerprint density at radius 1 is 1.58 bits per heavy atom. The van der Waals surface area contributed by atoms with Crippen LogP contribution < -0.4 is 11.1 Å². The molecule has 1 saturated heterocycles. The van der Waals surface area contributed by atoms with Crippen molar-refractivity contribution in [1.82, 2.24) is 5.32 Å². The summed E-state index contributed by atoms with van der Waals surface area (Å²) in [6, 6.07) is 0.529. The molecule has 3 heteroatoms. The predicted molar refractivity (Wildman–Crippen MR) is 50.0 cm³/mol. The van der Waals surface area contributed by atoms with E-state index >= 15 is 0 Å². The van der Waals surface area contributed by atoms with Crippen molar-refractivity contribution in [2.24, 2.45) is 11.7 Å². The second-order valence-electron chi connectivity index (χ2n) is 3.82. The second kappa shape index (κ2) is 4.80. The molecule has 0 aromatic rings. The summed E-state index contributed by atoms with van der Waals surface area (Å²) >= 11 is 0. The van der Waals surface area contributed by atoms with Crippen LogP contribution in [0.4, 0.5) is 0 Å². The first-order valence-corrected chi connectivity index (χ1v) is 4.77. The highest BCUT2D eigenvalue weighted by Crippen LogP contribution is 2.12. The van der Waals surface area contributed by atoms with E-state index in [9.17, 15) is 0 Å². The molecule has 1 heterocycles. The highest BCUT2D eigenvalue weighted by molar-refractivity contribution is 4.81. The van der Waals surface area contributed by atoms with E-state index in [1.807, 2.05) is 0 Å². The fourth-order valence-electron chi connectivity index (χ4n) is 1.52. The first-order chi connectivity index (χ1) is 5.72. The minimum absolute atomic E-state index is 0.337. The molecule has 1 aliphatic heterocycles. The van der Waals surface area contributed by atoms with Gasteiger partial charge in [-0.1, -0.05) is 0 Å². The Labute approximate surface area is 74.7 Å². The Morgan fingerprint density at radius 2 is 2.33 bits per heavy atom. The third-order valence-electron chi connectivity index (χ3n) is 2.28. The molecular weight excluding hydrogens is 152 g/mol. The molecule has 0 spiro atoms. The largest absolute Gasteiger partial charge is 0.377 e. The van der Waals surface area contributed by atoms with E-state index in [-0.39, 0.29) is 0 Å². The van der Waals surface area contributed by atoms with Crippen molar-refractivity contribution in [2.75, 3.05) is 19.7 Å². The summed E-state index contributed by atoms with van der Waals surface area (Å²) in [5.41, 5.74) is 5.57. The average molecular weight is 172 g/mol. The Bertz CT molecular complexity index is 128. The molecule has 0 aromatic carbocycles. The summed E-state index contributed by atoms with van der Waals surface area (Å²) < 4.78 is 5.52. The van der Waals surface area contributed by atoms with Gasteiger partial charge < -0.3 is 15.8 Å². The van der Waals surface area contributed by atoms with Gasteiger partial charge in [-0.2, -0.15) is 0 Å². The van der Waals surface area contributed by atoms with Crippen LogP contribution in [0.1, 0.15) is 20.3 Å². The highest BCUT2D eigenvalue weighted by atomic mass is 16.5. The maximum absolute atomic E-state index is 5.57. The smallest absolute Gasteiger partial charge is 0.0623 e. The van der Waals surface area contributed by atoms with Gasteiger partial charge in [-0.05, 0) is 39.3 Å². The van der Waals surface area contributed by atoms with Crippen LogP contribution in [0.5, 0.6) is 0 Å². The monoisotopic (exact) mass is 172 g/mol. The summed E-state index contributed by atoms with van der Waals surface area (Å²) in [4.78, 5) is 0. The van der Waals surface area contributed by atoms with Crippen LogP contribution in [0, 0.1) is 5.92 Å². The van der Waals surface area contributed by atoms with Gasteiger partial charge in [0.2, 0.25) is 0 Å². The summed E-state index contributed by atoms with van der Waals surface area (Å²) in [6.45, 7) is 6.81. The van der Waals surface area contributed by atoms with Crippen molar-refractivity contribution < 1.29 is 4.74 Å². The quantitative estimate of drug-likeness (QED) is 0.643. The second-order valence-corrected chi connectivity index (χ2v) is 3.82. The molecule has 0 aliphatic carbocycles. The number of hydrogen-bond acceptors (Lipinski definition) is 3. The number of rotatable bonds is 4. The van der Waals surface area contributed by atoms with E-state index in [4.69, 9.17) is 10.5 Å². The third kappa shape index (κ3) is 3.09. The summed E-state index contributed by atoms with van der Waals surface area (Å²) in [6.07, 6.45) is 1.51. The average Bonchev–Trinajstić information content (AvgIpc) is 2.48. The lowest BCUT2D eigenvalue weighted by molar-refractivity contribution is 0.0643. The van der Waals surface area contributed by atoms with E-state index in [0.717, 1.165) is 19.7 Å². The first-order valence-electron chi connectivity index (χ1n) is 4.77. The van der Waals surface area contributed by atoms with E-state index in [1.54, 1.807) is 0 Å². The van der Waals surface area contributed by atoms with Crippen LogP contribution in [-0.4, -0.2) is 31.8 Å². The standard InChI is InChI=1S/C9H20N2O/c1-7(2)12-6-9-3-8(4-10)5-11-9/h7-9,11H,3-6,10H2,1-2H3/t8-,9-/m0/s1. The molecule has 0 saturated carbocycles.